The number of ketones is 2. The fourth-order valence-corrected chi connectivity index (χ4v) is 7.88. The summed E-state index contributed by atoms with van der Waals surface area (Å²) in [5.41, 5.74) is 2.56. The number of rotatable bonds is 14. The van der Waals surface area contributed by atoms with Crippen molar-refractivity contribution in [1.29, 1.82) is 0 Å². The highest BCUT2D eigenvalue weighted by atomic mass is 35.5. The van der Waals surface area contributed by atoms with Gasteiger partial charge >= 0.3 is 0 Å². The summed E-state index contributed by atoms with van der Waals surface area (Å²) in [6.07, 6.45) is 1.05. The predicted octanol–water partition coefficient (Wildman–Crippen LogP) is -2.54. The number of carbonyl (C=O) groups excluding carboxylic acids is 5. The number of aliphatic hydroxyl groups excluding tert-OH is 2. The molecule has 2 aromatic carbocycles. The zero-order valence-corrected chi connectivity index (χ0v) is 32.3. The Bertz CT molecular complexity index is 1970. The molecule has 9 N–H and O–H groups in total. The van der Waals surface area contributed by atoms with Gasteiger partial charge < -0.3 is 57.9 Å². The standard InChI is InChI=1S/C39H46N4O13.ClH/c1-19-34(48)22(40)15-29(55-19)56-24-17-39(53,25(18-44)41-42-26(45)11-6-4-3-5-7-14-43-27(46)12-13-28(43)47)16-21-31(24)38(52)33-32(36(21)50)35(49)20-9-8-10-23(54-2)30(20)37(33)51;/h8-10,12-13,19,22,24,29,34,44,48,50,52-53H,3-7,11,14-18,40H2,1-2H3,(H,42,45);1H/b41-25+;/t19-,22-,24-,29-,34+,39-;/m0./s1. The molecule has 2 aromatic rings. The Labute approximate surface area is 333 Å². The summed E-state index contributed by atoms with van der Waals surface area (Å²) in [6.45, 7) is 1.10. The van der Waals surface area contributed by atoms with E-state index < -0.39 is 95.8 Å². The number of imide groups is 1. The molecule has 2 aliphatic heterocycles. The van der Waals surface area contributed by atoms with E-state index in [1.165, 1.54) is 42.4 Å². The van der Waals surface area contributed by atoms with E-state index in [0.29, 0.717) is 25.8 Å². The molecular weight excluding hydrogens is 768 g/mol. The topological polar surface area (TPSA) is 269 Å². The number of fused-ring (bicyclic) bond motifs is 3. The molecule has 4 aliphatic rings. The molecule has 18 heteroatoms. The van der Waals surface area contributed by atoms with Crippen molar-refractivity contribution in [2.45, 2.75) is 101 Å². The van der Waals surface area contributed by atoms with E-state index in [0.717, 1.165) is 12.8 Å². The number of hydrogen-bond acceptors (Lipinski definition) is 14. The second-order valence-corrected chi connectivity index (χ2v) is 14.6. The summed E-state index contributed by atoms with van der Waals surface area (Å²) in [7, 11) is 1.33. The third-order valence-electron chi connectivity index (χ3n) is 10.9. The van der Waals surface area contributed by atoms with Crippen LogP contribution in [0.4, 0.5) is 0 Å². The summed E-state index contributed by atoms with van der Waals surface area (Å²) >= 11 is 0. The van der Waals surface area contributed by atoms with Gasteiger partial charge in [0.1, 0.15) is 35.0 Å². The van der Waals surface area contributed by atoms with E-state index in [9.17, 15) is 49.5 Å². The average Bonchev–Trinajstić information content (AvgIpc) is 3.49. The molecule has 2 heterocycles. The van der Waals surface area contributed by atoms with Crippen LogP contribution in [0.25, 0.3) is 0 Å². The molecule has 308 valence electrons. The van der Waals surface area contributed by atoms with E-state index in [1.54, 1.807) is 6.92 Å². The quantitative estimate of drug-likeness (QED) is 0.0291. The van der Waals surface area contributed by atoms with Gasteiger partial charge in [-0.1, -0.05) is 31.4 Å². The second-order valence-electron chi connectivity index (χ2n) is 14.6. The first-order valence-corrected chi connectivity index (χ1v) is 18.6. The summed E-state index contributed by atoms with van der Waals surface area (Å²) in [5.74, 6) is -3.96. The Kier molecular flexibility index (Phi) is 13.5. The van der Waals surface area contributed by atoms with Gasteiger partial charge in [-0.15, -0.1) is 0 Å². The van der Waals surface area contributed by atoms with Crippen molar-refractivity contribution in [3.05, 3.63) is 63.7 Å². The SMILES string of the molecule is COc1cccc2c1C(=O)c1c(O)c3c(c(O)c1C2=O)C[C@@](O)(/C(CO)=N/NC(=O)CCCCCCCN1C(=O)C=CC1=O)C[C@@H]3O[C@H]1C[C@H]([NH3+])[C@H](O)[C@H](C)O1.[Cl-]. The zero-order valence-electron chi connectivity index (χ0n) is 31.5. The number of amides is 3. The Morgan fingerprint density at radius 2 is 1.68 bits per heavy atom. The molecule has 6 rings (SSSR count). The van der Waals surface area contributed by atoms with E-state index in [2.05, 4.69) is 16.3 Å². The normalized spacial score (nSPS) is 25.5. The van der Waals surface area contributed by atoms with Crippen molar-refractivity contribution in [2.24, 2.45) is 5.10 Å². The molecule has 6 atom stereocenters. The molecule has 0 aromatic heterocycles. The Hall–Kier alpha value is -4.75. The van der Waals surface area contributed by atoms with Crippen molar-refractivity contribution in [3.63, 3.8) is 0 Å². The van der Waals surface area contributed by atoms with Crippen molar-refractivity contribution in [3.8, 4) is 17.2 Å². The lowest BCUT2D eigenvalue weighted by Gasteiger charge is -2.42. The van der Waals surface area contributed by atoms with Gasteiger partial charge in [0.05, 0.1) is 54.7 Å². The van der Waals surface area contributed by atoms with Crippen LogP contribution in [0, 0.1) is 0 Å². The number of aromatic hydroxyl groups is 2. The van der Waals surface area contributed by atoms with E-state index in [-0.39, 0.29) is 70.8 Å². The van der Waals surface area contributed by atoms with Crippen LogP contribution in [0.1, 0.15) is 107 Å². The van der Waals surface area contributed by atoms with Gasteiger partial charge in [0, 0.05) is 54.6 Å². The maximum atomic E-state index is 14.0. The molecule has 1 saturated heterocycles. The molecular formula is C39H47ClN4O13. The number of quaternary nitrogens is 1. The maximum absolute atomic E-state index is 14.0. The number of phenolic OH excluding ortho intramolecular Hbond substituents is 2. The Morgan fingerprint density at radius 3 is 2.35 bits per heavy atom. The molecule has 17 nitrogen and oxygen atoms in total. The molecule has 0 unspecified atom stereocenters. The monoisotopic (exact) mass is 814 g/mol. The number of phenols is 2. The molecule has 0 spiro atoms. The Balaban J connectivity index is 0.00000620. The first kappa shape index (κ1) is 43.4. The van der Waals surface area contributed by atoms with Crippen LogP contribution in [-0.2, 0) is 30.3 Å². The largest absolute Gasteiger partial charge is 1.00 e. The summed E-state index contributed by atoms with van der Waals surface area (Å²) in [4.78, 5) is 65.2. The fraction of sp³-hybridized carbons (Fsp3) is 0.487. The second kappa shape index (κ2) is 17.8. The summed E-state index contributed by atoms with van der Waals surface area (Å²) in [5, 5.41) is 60.7. The number of benzene rings is 2. The highest BCUT2D eigenvalue weighted by Gasteiger charge is 2.50. The summed E-state index contributed by atoms with van der Waals surface area (Å²) in [6, 6.07) is 3.86. The smallest absolute Gasteiger partial charge is 0.253 e. The van der Waals surface area contributed by atoms with Crippen LogP contribution in [-0.4, -0.2) is 116 Å². The van der Waals surface area contributed by atoms with Crippen molar-refractivity contribution < 1.29 is 81.9 Å². The lowest BCUT2D eigenvalue weighted by molar-refractivity contribution is -0.466. The minimum absolute atomic E-state index is 0. The predicted molar refractivity (Wildman–Crippen MR) is 195 cm³/mol. The molecule has 1 fully saturated rings. The van der Waals surface area contributed by atoms with Gasteiger partial charge in [-0.3, -0.25) is 28.9 Å². The lowest BCUT2D eigenvalue weighted by Crippen LogP contribution is -3.00. The van der Waals surface area contributed by atoms with Crippen LogP contribution < -0.4 is 28.3 Å². The number of methoxy groups -OCH3 is 1. The van der Waals surface area contributed by atoms with Crippen molar-refractivity contribution in [1.82, 2.24) is 10.3 Å². The number of hydrogen-bond donors (Lipinski definition) is 7. The summed E-state index contributed by atoms with van der Waals surface area (Å²) < 4.78 is 17.5. The van der Waals surface area contributed by atoms with Crippen molar-refractivity contribution >= 4 is 35.0 Å². The number of unbranched alkanes of at least 4 members (excludes halogenated alkanes) is 4. The highest BCUT2D eigenvalue weighted by molar-refractivity contribution is 6.31. The van der Waals surface area contributed by atoms with Crippen molar-refractivity contribution in [2.75, 3.05) is 20.3 Å². The van der Waals surface area contributed by atoms with Crippen LogP contribution in [0.15, 0.2) is 35.5 Å². The highest BCUT2D eigenvalue weighted by Crippen LogP contribution is 2.52. The number of hydrazone groups is 1. The minimum Gasteiger partial charge on any atom is -1.00 e. The van der Waals surface area contributed by atoms with Gasteiger partial charge in [-0.25, -0.2) is 5.43 Å². The first-order valence-electron chi connectivity index (χ1n) is 18.6. The molecule has 3 amide bonds. The third-order valence-corrected chi connectivity index (χ3v) is 10.9. The van der Waals surface area contributed by atoms with Gasteiger partial charge in [-0.2, -0.15) is 5.10 Å². The number of halogens is 1. The van der Waals surface area contributed by atoms with Gasteiger partial charge in [0.2, 0.25) is 11.7 Å². The van der Waals surface area contributed by atoms with E-state index >= 15 is 0 Å². The van der Waals surface area contributed by atoms with Crippen LogP contribution in [0.5, 0.6) is 17.2 Å². The zero-order chi connectivity index (χ0) is 40.5. The molecule has 2 aliphatic carbocycles. The van der Waals surface area contributed by atoms with Gasteiger partial charge in [0.25, 0.3) is 11.8 Å². The van der Waals surface area contributed by atoms with E-state index in [1.807, 2.05) is 0 Å². The van der Waals surface area contributed by atoms with Crippen LogP contribution >= 0.6 is 0 Å². The average molecular weight is 815 g/mol. The first-order chi connectivity index (χ1) is 26.7. The Morgan fingerprint density at radius 1 is 1.02 bits per heavy atom. The van der Waals surface area contributed by atoms with Gasteiger partial charge in [-0.05, 0) is 25.8 Å². The fourth-order valence-electron chi connectivity index (χ4n) is 7.88. The maximum Gasteiger partial charge on any atom is 0.253 e. The number of ether oxygens (including phenoxy) is 3. The number of aliphatic hydroxyl groups is 3. The number of nitrogens with zero attached hydrogens (tertiary/aromatic N) is 2. The van der Waals surface area contributed by atoms with Crippen LogP contribution in [0.3, 0.4) is 0 Å². The molecule has 57 heavy (non-hydrogen) atoms. The van der Waals surface area contributed by atoms with Crippen LogP contribution in [0.2, 0.25) is 0 Å². The minimum atomic E-state index is -2.13. The molecule has 0 radical (unpaired) electrons. The molecule has 0 bridgehead atoms. The third kappa shape index (κ3) is 8.46. The van der Waals surface area contributed by atoms with Gasteiger partial charge in [0.15, 0.2) is 12.1 Å². The number of nitrogens with one attached hydrogen (secondary N) is 1. The van der Waals surface area contributed by atoms with E-state index in [4.69, 9.17) is 14.2 Å². The number of carbonyl (C=O) groups is 5. The lowest BCUT2D eigenvalue weighted by atomic mass is 9.71. The molecule has 0 saturated carbocycles.